The molecule has 0 radical (unpaired) electrons. The van der Waals surface area contributed by atoms with Gasteiger partial charge >= 0.3 is 0 Å². The van der Waals surface area contributed by atoms with Crippen molar-refractivity contribution in [2.24, 2.45) is 0 Å². The Morgan fingerprint density at radius 2 is 0.789 bits per heavy atom. The maximum absolute atomic E-state index is 12.0. The molecule has 5 heteroatoms. The maximum atomic E-state index is 12.0. The average molecular weight is 816 g/mol. The molecule has 0 spiro atoms. The van der Waals surface area contributed by atoms with Crippen molar-refractivity contribution in [3.05, 3.63) is 148 Å². The van der Waals surface area contributed by atoms with Crippen molar-refractivity contribution in [1.82, 2.24) is 0 Å². The fraction of sp³-hybridized carbons (Fsp3) is 0.462. The molecule has 0 amide bonds. The van der Waals surface area contributed by atoms with Gasteiger partial charge in [-0.2, -0.15) is 0 Å². The second kappa shape index (κ2) is 29.3. The Hall–Kier alpha value is -3.95. The minimum atomic E-state index is 0. The fourth-order valence-corrected chi connectivity index (χ4v) is 7.18. The van der Waals surface area contributed by atoms with Crippen molar-refractivity contribution in [3.8, 4) is 11.5 Å². The van der Waals surface area contributed by atoms with Gasteiger partial charge in [0, 0.05) is 39.3 Å². The monoisotopic (exact) mass is 814 g/mol. The standard InChI is InChI=1S/C40H60N2.2C6H6O.Ni/c1-6-11-16-20-32-25-33(21-17-12-7-2)28-37(27-32)39-31-36(24-15-10-5)40(42(39)41)38-29-34(22-18-13-8-3)26-35(30-38)23-19-14-9-4;2*7-6-4-2-1-3-5-6;/h25-31H,6-24H2,1-5H3;2*1-5,7H;. The smallest absolute Gasteiger partial charge is 0.210 e. The van der Waals surface area contributed by atoms with Gasteiger partial charge in [0.2, 0.25) is 11.4 Å². The molecular weight excluding hydrogens is 743 g/mol. The van der Waals surface area contributed by atoms with Gasteiger partial charge in [-0.3, -0.25) is 0 Å². The molecule has 1 aliphatic rings. The minimum Gasteiger partial charge on any atom is -0.508 e. The van der Waals surface area contributed by atoms with Crippen LogP contribution in [0.15, 0.2) is 109 Å². The van der Waals surface area contributed by atoms with Gasteiger partial charge in [-0.05, 0) is 135 Å². The molecule has 0 atom stereocenters. The largest absolute Gasteiger partial charge is 0.508 e. The van der Waals surface area contributed by atoms with Crippen LogP contribution in [0.5, 0.6) is 11.5 Å². The van der Waals surface area contributed by atoms with Crippen LogP contribution >= 0.6 is 0 Å². The van der Waals surface area contributed by atoms with Gasteiger partial charge in [0.1, 0.15) is 11.5 Å². The number of aromatic hydroxyl groups is 2. The topological polar surface area (TPSA) is 65.8 Å². The third-order valence-corrected chi connectivity index (χ3v) is 10.3. The molecule has 0 aliphatic carbocycles. The summed E-state index contributed by atoms with van der Waals surface area (Å²) in [6.07, 6.45) is 25.0. The van der Waals surface area contributed by atoms with Gasteiger partial charge < -0.3 is 15.7 Å². The molecule has 0 saturated heterocycles. The van der Waals surface area contributed by atoms with Gasteiger partial charge in [-0.15, -0.1) is 0 Å². The van der Waals surface area contributed by atoms with Crippen LogP contribution in [0.1, 0.15) is 164 Å². The summed E-state index contributed by atoms with van der Waals surface area (Å²) in [5, 5.41) is 17.3. The number of para-hydroxylation sites is 2. The van der Waals surface area contributed by atoms with Crippen molar-refractivity contribution in [2.45, 2.75) is 157 Å². The zero-order valence-corrected chi connectivity index (χ0v) is 36.8. The van der Waals surface area contributed by atoms with Gasteiger partial charge in [-0.25, -0.2) is 4.70 Å². The Balaban J connectivity index is 0.000000621. The van der Waals surface area contributed by atoms with Gasteiger partial charge in [0.25, 0.3) is 0 Å². The van der Waals surface area contributed by atoms with E-state index in [-0.39, 0.29) is 16.5 Å². The zero-order valence-electron chi connectivity index (χ0n) is 35.9. The van der Waals surface area contributed by atoms with E-state index in [1.165, 1.54) is 116 Å². The Morgan fingerprint density at radius 1 is 0.439 bits per heavy atom. The maximum Gasteiger partial charge on any atom is 0.210 e. The number of phenolic OH excluding ortho intramolecular Hbond substituents is 2. The van der Waals surface area contributed by atoms with Crippen LogP contribution in [0.25, 0.3) is 16.9 Å². The molecule has 0 aromatic heterocycles. The molecule has 57 heavy (non-hydrogen) atoms. The van der Waals surface area contributed by atoms with E-state index in [0.717, 1.165) is 56.3 Å². The summed E-state index contributed by atoms with van der Waals surface area (Å²) < 4.78 is 1.55. The van der Waals surface area contributed by atoms with Gasteiger partial charge in [0.05, 0.1) is 0 Å². The molecule has 4 aromatic carbocycles. The number of rotatable bonds is 21. The third-order valence-electron chi connectivity index (χ3n) is 10.3. The van der Waals surface area contributed by atoms with E-state index in [1.54, 1.807) is 53.2 Å². The summed E-state index contributed by atoms with van der Waals surface area (Å²) in [6, 6.07) is 31.7. The fourth-order valence-electron chi connectivity index (χ4n) is 7.18. The number of aryl methyl sites for hydroxylation is 4. The number of unbranched alkanes of at least 4 members (excludes halogenated alkanes) is 9. The summed E-state index contributed by atoms with van der Waals surface area (Å²) in [5.41, 5.74) is 23.2. The summed E-state index contributed by atoms with van der Waals surface area (Å²) in [7, 11) is 0. The molecule has 4 aromatic rings. The van der Waals surface area contributed by atoms with Crippen molar-refractivity contribution < 1.29 is 31.4 Å². The predicted molar refractivity (Wildman–Crippen MR) is 240 cm³/mol. The SMILES string of the molecule is CCCCCc1cc(CCCCC)cc(C2=CC(CCCC)=C(c3cc(CCCCC)cc(CCCCC)c3)[N+]2=[N-])c1.Oc1ccccc1.Oc1ccccc1.[Ni]. The van der Waals surface area contributed by atoms with Crippen LogP contribution in [0.3, 0.4) is 0 Å². The quantitative estimate of drug-likeness (QED) is 0.0500. The molecule has 0 bridgehead atoms. The molecule has 0 fully saturated rings. The Morgan fingerprint density at radius 3 is 1.11 bits per heavy atom. The first kappa shape index (κ1) is 49.2. The van der Waals surface area contributed by atoms with Crippen LogP contribution in [0, 0.1) is 0 Å². The number of nitrogens with zero attached hydrogens (tertiary/aromatic N) is 2. The second-order valence-electron chi connectivity index (χ2n) is 15.4. The van der Waals surface area contributed by atoms with E-state index in [4.69, 9.17) is 10.2 Å². The zero-order chi connectivity index (χ0) is 40.4. The Labute approximate surface area is 357 Å². The minimum absolute atomic E-state index is 0. The van der Waals surface area contributed by atoms with Crippen molar-refractivity contribution in [2.75, 3.05) is 0 Å². The summed E-state index contributed by atoms with van der Waals surface area (Å²) >= 11 is 0. The summed E-state index contributed by atoms with van der Waals surface area (Å²) in [4.78, 5) is 0. The number of hydrogen-bond acceptors (Lipinski definition) is 2. The number of benzene rings is 4. The normalized spacial score (nSPS) is 11.9. The third kappa shape index (κ3) is 18.5. The number of allylic oxidation sites excluding steroid dienone is 2. The summed E-state index contributed by atoms with van der Waals surface area (Å²) in [6.45, 7) is 11.4. The van der Waals surface area contributed by atoms with E-state index in [2.05, 4.69) is 77.1 Å². The predicted octanol–water partition coefficient (Wildman–Crippen LogP) is 15.4. The first-order chi connectivity index (χ1) is 27.3. The number of phenols is 2. The molecule has 0 saturated carbocycles. The summed E-state index contributed by atoms with van der Waals surface area (Å²) in [5.74, 6) is 0.644. The number of hydrogen-bond donors (Lipinski definition) is 2. The molecule has 1 heterocycles. The first-order valence-electron chi connectivity index (χ1n) is 22.0. The molecule has 4 nitrogen and oxygen atoms in total. The Bertz CT molecular complexity index is 1670. The Kier molecular flexibility index (Phi) is 25.3. The van der Waals surface area contributed by atoms with E-state index >= 15 is 0 Å². The van der Waals surface area contributed by atoms with Crippen molar-refractivity contribution >= 4 is 11.4 Å². The van der Waals surface area contributed by atoms with E-state index in [0.29, 0.717) is 11.5 Å². The average Bonchev–Trinajstić information content (AvgIpc) is 3.54. The van der Waals surface area contributed by atoms with Gasteiger partial charge in [-0.1, -0.05) is 141 Å². The van der Waals surface area contributed by atoms with Crippen LogP contribution < -0.4 is 0 Å². The molecule has 312 valence electrons. The van der Waals surface area contributed by atoms with Crippen LogP contribution in [-0.2, 0) is 42.2 Å². The van der Waals surface area contributed by atoms with Gasteiger partial charge in [0.15, 0.2) is 0 Å². The molecule has 5 rings (SSSR count). The van der Waals surface area contributed by atoms with Crippen molar-refractivity contribution in [1.29, 1.82) is 0 Å². The van der Waals surface area contributed by atoms with E-state index in [1.807, 2.05) is 12.1 Å². The van der Waals surface area contributed by atoms with Crippen LogP contribution in [0.4, 0.5) is 0 Å². The molecular formula is C52H72N2NiO2. The van der Waals surface area contributed by atoms with E-state index < -0.39 is 0 Å². The van der Waals surface area contributed by atoms with E-state index in [9.17, 15) is 5.53 Å². The molecule has 2 N–H and O–H groups in total. The van der Waals surface area contributed by atoms with Crippen LogP contribution in [0.2, 0.25) is 0 Å². The second-order valence-corrected chi connectivity index (χ2v) is 15.4. The van der Waals surface area contributed by atoms with Crippen molar-refractivity contribution in [3.63, 3.8) is 0 Å². The van der Waals surface area contributed by atoms with Crippen LogP contribution in [-0.4, -0.2) is 14.9 Å². The first-order valence-corrected chi connectivity index (χ1v) is 22.0. The molecule has 0 unspecified atom stereocenters. The molecule has 1 aliphatic heterocycles.